The number of rotatable bonds is 5. The molecule has 4 aliphatic rings. The predicted molar refractivity (Wildman–Crippen MR) is 117 cm³/mol. The number of hydrogen-bond donors (Lipinski definition) is 0. The fourth-order valence-electron chi connectivity index (χ4n) is 8.23. The summed E-state index contributed by atoms with van der Waals surface area (Å²) in [6.07, 6.45) is 11.4. The summed E-state index contributed by atoms with van der Waals surface area (Å²) in [4.78, 5) is 0. The maximum absolute atomic E-state index is 6.30. The third-order valence-electron chi connectivity index (χ3n) is 10.0. The maximum atomic E-state index is 6.30. The zero-order valence-corrected chi connectivity index (χ0v) is 19.5. The topological polar surface area (TPSA) is 27.7 Å². The van der Waals surface area contributed by atoms with Crippen LogP contribution in [-0.2, 0) is 14.2 Å². The summed E-state index contributed by atoms with van der Waals surface area (Å²) in [5, 5.41) is 0. The molecular weight excluding hydrogens is 360 g/mol. The molecule has 0 bridgehead atoms. The van der Waals surface area contributed by atoms with Crippen molar-refractivity contribution in [3.05, 3.63) is 24.5 Å². The summed E-state index contributed by atoms with van der Waals surface area (Å²) in [7, 11) is 5.74. The third kappa shape index (κ3) is 3.09. The Labute approximate surface area is 178 Å². The molecule has 9 atom stereocenters. The van der Waals surface area contributed by atoms with Crippen LogP contribution in [0.3, 0.4) is 0 Å². The molecule has 2 radical (unpaired) electrons. The van der Waals surface area contributed by atoms with E-state index in [0.29, 0.717) is 35.9 Å². The highest BCUT2D eigenvalue weighted by Crippen LogP contribution is 2.70. The van der Waals surface area contributed by atoms with Gasteiger partial charge in [0.2, 0.25) is 0 Å². The first kappa shape index (κ1) is 21.8. The highest BCUT2D eigenvalue weighted by molar-refractivity contribution is 5.32. The molecule has 0 saturated heterocycles. The van der Waals surface area contributed by atoms with Crippen LogP contribution in [0.15, 0.2) is 12.7 Å². The van der Waals surface area contributed by atoms with Gasteiger partial charge < -0.3 is 14.2 Å². The standard InChI is InChI=1S/C26H42O3/c1-8-16(2)19-9-10-20-24-21(15-23(29-7)26(19,20)4)25(3)12-11-18(27-5)13-17(25)14-22(24)28-6/h8,16,18-23H,1,9-15H2,2-7H3/t16-,18-,19-,20+,21+,22-,23+,25+,26-/m1/s1. The molecule has 4 fully saturated rings. The van der Waals surface area contributed by atoms with Crippen LogP contribution < -0.4 is 0 Å². The quantitative estimate of drug-likeness (QED) is 0.556. The Hall–Kier alpha value is -0.380. The minimum absolute atomic E-state index is 0.183. The SMILES string of the molecule is C=C[C@@H](C)[C@H]1CC[C@H]2[C]3[C@H](OC)C[C]4C[C@H](OC)CC[C@]4(C)[C@H]3C[C@H](OC)[C@]12C. The first-order valence-electron chi connectivity index (χ1n) is 11.8. The van der Waals surface area contributed by atoms with Crippen LogP contribution in [0.4, 0.5) is 0 Å². The van der Waals surface area contributed by atoms with Crippen LogP contribution in [0.2, 0.25) is 0 Å². The third-order valence-corrected chi connectivity index (χ3v) is 10.0. The van der Waals surface area contributed by atoms with E-state index >= 15 is 0 Å². The summed E-state index contributed by atoms with van der Waals surface area (Å²) in [6.45, 7) is 11.5. The molecule has 29 heavy (non-hydrogen) atoms. The van der Waals surface area contributed by atoms with E-state index in [2.05, 4.69) is 33.4 Å². The van der Waals surface area contributed by atoms with E-state index < -0.39 is 0 Å². The van der Waals surface area contributed by atoms with Gasteiger partial charge >= 0.3 is 0 Å². The van der Waals surface area contributed by atoms with Gasteiger partial charge in [-0.1, -0.05) is 26.8 Å². The summed E-state index contributed by atoms with van der Waals surface area (Å²) in [5.41, 5.74) is 0.461. The summed E-state index contributed by atoms with van der Waals surface area (Å²) in [6, 6.07) is 0. The highest BCUT2D eigenvalue weighted by Gasteiger charge is 2.66. The average Bonchev–Trinajstić information content (AvgIpc) is 3.09. The van der Waals surface area contributed by atoms with E-state index in [-0.39, 0.29) is 16.9 Å². The summed E-state index contributed by atoms with van der Waals surface area (Å²) >= 11 is 0. The zero-order valence-electron chi connectivity index (χ0n) is 19.5. The van der Waals surface area contributed by atoms with Crippen molar-refractivity contribution in [2.45, 2.75) is 84.0 Å². The van der Waals surface area contributed by atoms with Crippen molar-refractivity contribution in [1.29, 1.82) is 0 Å². The van der Waals surface area contributed by atoms with Crippen LogP contribution in [0, 0.1) is 46.3 Å². The number of fused-ring (bicyclic) bond motifs is 5. The van der Waals surface area contributed by atoms with Crippen molar-refractivity contribution < 1.29 is 14.2 Å². The first-order chi connectivity index (χ1) is 13.8. The van der Waals surface area contributed by atoms with Crippen molar-refractivity contribution in [3.63, 3.8) is 0 Å². The van der Waals surface area contributed by atoms with Crippen LogP contribution >= 0.6 is 0 Å². The maximum Gasteiger partial charge on any atom is 0.0645 e. The fraction of sp³-hybridized carbons (Fsp3) is 0.846. The van der Waals surface area contributed by atoms with Gasteiger partial charge in [0.15, 0.2) is 0 Å². The van der Waals surface area contributed by atoms with Gasteiger partial charge in [0.1, 0.15) is 0 Å². The Morgan fingerprint density at radius 1 is 1.00 bits per heavy atom. The largest absolute Gasteiger partial charge is 0.381 e. The summed E-state index contributed by atoms with van der Waals surface area (Å²) in [5.74, 6) is 5.76. The van der Waals surface area contributed by atoms with Crippen LogP contribution in [0.1, 0.15) is 65.7 Å². The van der Waals surface area contributed by atoms with Gasteiger partial charge in [-0.05, 0) is 80.0 Å². The fourth-order valence-corrected chi connectivity index (χ4v) is 8.23. The Morgan fingerprint density at radius 2 is 1.76 bits per heavy atom. The summed E-state index contributed by atoms with van der Waals surface area (Å²) < 4.78 is 18.3. The second-order valence-corrected chi connectivity index (χ2v) is 10.8. The zero-order chi connectivity index (χ0) is 21.0. The molecule has 4 aliphatic carbocycles. The average molecular weight is 403 g/mol. The minimum atomic E-state index is 0.183. The van der Waals surface area contributed by atoms with Crippen LogP contribution in [-0.4, -0.2) is 39.6 Å². The lowest BCUT2D eigenvalue weighted by molar-refractivity contribution is -0.136. The molecule has 0 aromatic carbocycles. The molecule has 3 nitrogen and oxygen atoms in total. The van der Waals surface area contributed by atoms with E-state index in [1.807, 2.05) is 21.3 Å². The Bertz CT molecular complexity index is 605. The van der Waals surface area contributed by atoms with Crippen molar-refractivity contribution >= 4 is 0 Å². The van der Waals surface area contributed by atoms with Gasteiger partial charge in [-0.15, -0.1) is 6.58 Å². The van der Waals surface area contributed by atoms with Gasteiger partial charge in [-0.3, -0.25) is 0 Å². The van der Waals surface area contributed by atoms with E-state index in [1.165, 1.54) is 25.7 Å². The number of allylic oxidation sites excluding steroid dienone is 1. The molecule has 0 aromatic heterocycles. The lowest BCUT2D eigenvalue weighted by Gasteiger charge is -2.64. The molecule has 3 heteroatoms. The monoisotopic (exact) mass is 402 g/mol. The van der Waals surface area contributed by atoms with E-state index in [9.17, 15) is 0 Å². The molecule has 0 unspecified atom stereocenters. The molecule has 0 heterocycles. The molecule has 0 N–H and O–H groups in total. The molecule has 0 aliphatic heterocycles. The minimum Gasteiger partial charge on any atom is -0.381 e. The van der Waals surface area contributed by atoms with E-state index in [1.54, 1.807) is 11.8 Å². The number of hydrogen-bond acceptors (Lipinski definition) is 3. The smallest absolute Gasteiger partial charge is 0.0645 e. The normalized spacial score (nSPS) is 49.2. The van der Waals surface area contributed by atoms with Crippen molar-refractivity contribution in [2.24, 2.45) is 34.5 Å². The van der Waals surface area contributed by atoms with E-state index in [0.717, 1.165) is 19.3 Å². The van der Waals surface area contributed by atoms with Gasteiger partial charge in [0.25, 0.3) is 0 Å². The number of ether oxygens (including phenoxy) is 3. The van der Waals surface area contributed by atoms with Crippen molar-refractivity contribution in [3.8, 4) is 0 Å². The molecule has 0 aromatic rings. The Kier molecular flexibility index (Phi) is 5.99. The lowest BCUT2D eigenvalue weighted by Crippen LogP contribution is -2.61. The predicted octanol–water partition coefficient (Wildman–Crippen LogP) is 5.65. The molecule has 0 amide bonds. The van der Waals surface area contributed by atoms with Gasteiger partial charge in [0, 0.05) is 32.7 Å². The second-order valence-electron chi connectivity index (χ2n) is 10.8. The molecular formula is C26H42O3. The highest BCUT2D eigenvalue weighted by atomic mass is 16.5. The molecule has 4 rings (SSSR count). The van der Waals surface area contributed by atoms with E-state index in [4.69, 9.17) is 14.2 Å². The van der Waals surface area contributed by atoms with Gasteiger partial charge in [0.05, 0.1) is 18.3 Å². The Morgan fingerprint density at radius 3 is 2.38 bits per heavy atom. The van der Waals surface area contributed by atoms with Crippen molar-refractivity contribution in [2.75, 3.05) is 21.3 Å². The number of methoxy groups -OCH3 is 3. The second kappa shape index (κ2) is 7.95. The first-order valence-corrected chi connectivity index (χ1v) is 11.8. The van der Waals surface area contributed by atoms with Gasteiger partial charge in [-0.2, -0.15) is 0 Å². The van der Waals surface area contributed by atoms with Crippen LogP contribution in [0.25, 0.3) is 0 Å². The molecule has 0 spiro atoms. The molecule has 4 saturated carbocycles. The van der Waals surface area contributed by atoms with Gasteiger partial charge in [-0.25, -0.2) is 0 Å². The van der Waals surface area contributed by atoms with Crippen molar-refractivity contribution in [1.82, 2.24) is 0 Å². The molecule has 164 valence electrons. The Balaban J connectivity index is 1.72. The van der Waals surface area contributed by atoms with Crippen LogP contribution in [0.5, 0.6) is 0 Å². The lowest BCUT2D eigenvalue weighted by atomic mass is 9.43.